The molecule has 2 bridgehead atoms. The first-order valence-electron chi connectivity index (χ1n) is 8.40. The molecule has 1 saturated heterocycles. The zero-order valence-electron chi connectivity index (χ0n) is 13.7. The molecular formula is C17H34N2. The SMILES string of the molecule is CCC(C)(C)CNC1C2CCCC1CN(C(C)C)C2. The molecule has 0 aromatic carbocycles. The Morgan fingerprint density at radius 1 is 1.16 bits per heavy atom. The van der Waals surface area contributed by atoms with E-state index < -0.39 is 0 Å². The Hall–Kier alpha value is -0.0800. The van der Waals surface area contributed by atoms with Crippen LogP contribution in [0.25, 0.3) is 0 Å². The van der Waals surface area contributed by atoms with Gasteiger partial charge in [0.1, 0.15) is 0 Å². The quantitative estimate of drug-likeness (QED) is 0.819. The Morgan fingerprint density at radius 3 is 2.21 bits per heavy atom. The van der Waals surface area contributed by atoms with Gasteiger partial charge in [-0.3, -0.25) is 0 Å². The summed E-state index contributed by atoms with van der Waals surface area (Å²) in [5.41, 5.74) is 0.448. The second-order valence-electron chi connectivity index (χ2n) is 7.92. The van der Waals surface area contributed by atoms with Crippen LogP contribution in [0.5, 0.6) is 0 Å². The molecule has 112 valence electrons. The second-order valence-corrected chi connectivity index (χ2v) is 7.92. The third-order valence-electron chi connectivity index (χ3n) is 5.61. The van der Waals surface area contributed by atoms with Crippen molar-refractivity contribution in [2.75, 3.05) is 19.6 Å². The lowest BCUT2D eigenvalue weighted by Crippen LogP contribution is -2.59. The average Bonchev–Trinajstić information content (AvgIpc) is 2.35. The molecule has 1 aliphatic carbocycles. The number of likely N-dealkylation sites (tertiary alicyclic amines) is 1. The predicted octanol–water partition coefficient (Wildman–Crippen LogP) is 3.52. The number of piperidine rings is 1. The molecule has 2 fully saturated rings. The van der Waals surface area contributed by atoms with Gasteiger partial charge >= 0.3 is 0 Å². The van der Waals surface area contributed by atoms with Crippen molar-refractivity contribution >= 4 is 0 Å². The summed E-state index contributed by atoms with van der Waals surface area (Å²) in [5, 5.41) is 3.95. The van der Waals surface area contributed by atoms with Crippen LogP contribution in [0.3, 0.4) is 0 Å². The summed E-state index contributed by atoms with van der Waals surface area (Å²) in [7, 11) is 0. The van der Waals surface area contributed by atoms with Gasteiger partial charge in [0.25, 0.3) is 0 Å². The zero-order chi connectivity index (χ0) is 14.0. The largest absolute Gasteiger partial charge is 0.313 e. The van der Waals surface area contributed by atoms with E-state index in [1.165, 1.54) is 45.3 Å². The van der Waals surface area contributed by atoms with Gasteiger partial charge in [-0.05, 0) is 50.4 Å². The van der Waals surface area contributed by atoms with Crippen LogP contribution >= 0.6 is 0 Å². The molecule has 2 unspecified atom stereocenters. The third kappa shape index (κ3) is 3.72. The average molecular weight is 266 g/mol. The minimum atomic E-state index is 0.448. The van der Waals surface area contributed by atoms with Crippen LogP contribution in [0, 0.1) is 17.3 Å². The Kier molecular flexibility index (Phi) is 4.94. The van der Waals surface area contributed by atoms with Crippen molar-refractivity contribution < 1.29 is 0 Å². The summed E-state index contributed by atoms with van der Waals surface area (Å²) in [6, 6.07) is 1.51. The van der Waals surface area contributed by atoms with Crippen molar-refractivity contribution in [2.24, 2.45) is 17.3 Å². The first-order chi connectivity index (χ1) is 8.93. The van der Waals surface area contributed by atoms with Gasteiger partial charge in [-0.1, -0.05) is 27.2 Å². The molecule has 0 aromatic heterocycles. The molecule has 1 aliphatic heterocycles. The van der Waals surface area contributed by atoms with Crippen molar-refractivity contribution in [2.45, 2.75) is 72.4 Å². The molecule has 2 heteroatoms. The maximum atomic E-state index is 3.95. The van der Waals surface area contributed by atoms with E-state index in [4.69, 9.17) is 0 Å². The number of nitrogens with zero attached hydrogens (tertiary/aromatic N) is 1. The van der Waals surface area contributed by atoms with Crippen molar-refractivity contribution in [1.29, 1.82) is 0 Å². The Balaban J connectivity index is 1.94. The van der Waals surface area contributed by atoms with Crippen LogP contribution < -0.4 is 5.32 Å². The summed E-state index contributed by atoms with van der Waals surface area (Å²) < 4.78 is 0. The van der Waals surface area contributed by atoms with Crippen LogP contribution in [0.15, 0.2) is 0 Å². The topological polar surface area (TPSA) is 15.3 Å². The number of hydrogen-bond donors (Lipinski definition) is 1. The van der Waals surface area contributed by atoms with Gasteiger partial charge < -0.3 is 10.2 Å². The molecule has 2 aliphatic rings. The van der Waals surface area contributed by atoms with E-state index in [-0.39, 0.29) is 0 Å². The molecule has 19 heavy (non-hydrogen) atoms. The fourth-order valence-corrected chi connectivity index (χ4v) is 3.75. The van der Waals surface area contributed by atoms with Gasteiger partial charge in [0.15, 0.2) is 0 Å². The summed E-state index contributed by atoms with van der Waals surface area (Å²) in [6.45, 7) is 15.6. The van der Waals surface area contributed by atoms with Crippen LogP contribution in [0.1, 0.15) is 60.3 Å². The molecule has 0 radical (unpaired) electrons. The number of rotatable bonds is 5. The molecule has 0 spiro atoms. The Bertz CT molecular complexity index is 271. The molecule has 1 saturated carbocycles. The maximum absolute atomic E-state index is 3.95. The normalized spacial score (nSPS) is 32.8. The van der Waals surface area contributed by atoms with Crippen molar-refractivity contribution in [3.05, 3.63) is 0 Å². The van der Waals surface area contributed by atoms with Gasteiger partial charge in [-0.25, -0.2) is 0 Å². The number of fused-ring (bicyclic) bond motifs is 2. The molecular weight excluding hydrogens is 232 g/mol. The van der Waals surface area contributed by atoms with E-state index >= 15 is 0 Å². The van der Waals surface area contributed by atoms with E-state index in [0.29, 0.717) is 5.41 Å². The van der Waals surface area contributed by atoms with E-state index in [0.717, 1.165) is 23.9 Å². The van der Waals surface area contributed by atoms with Crippen molar-refractivity contribution in [3.63, 3.8) is 0 Å². The molecule has 2 atom stereocenters. The summed E-state index contributed by atoms with van der Waals surface area (Å²) in [6.07, 6.45) is 5.59. The van der Waals surface area contributed by atoms with Crippen LogP contribution in [0.4, 0.5) is 0 Å². The molecule has 2 nitrogen and oxygen atoms in total. The highest BCUT2D eigenvalue weighted by molar-refractivity contribution is 4.96. The van der Waals surface area contributed by atoms with Gasteiger partial charge in [-0.15, -0.1) is 0 Å². The van der Waals surface area contributed by atoms with E-state index in [1.807, 2.05) is 0 Å². The van der Waals surface area contributed by atoms with Crippen LogP contribution in [-0.2, 0) is 0 Å². The highest BCUT2D eigenvalue weighted by atomic mass is 15.2. The standard InChI is InChI=1S/C17H34N2/c1-6-17(4,5)12-18-16-14-8-7-9-15(16)11-19(10-14)13(2)3/h13-16,18H,6-12H2,1-5H3. The molecule has 1 heterocycles. The molecule has 0 amide bonds. The van der Waals surface area contributed by atoms with Gasteiger partial charge in [0.05, 0.1) is 0 Å². The number of hydrogen-bond acceptors (Lipinski definition) is 2. The lowest BCUT2D eigenvalue weighted by molar-refractivity contribution is 0.0258. The maximum Gasteiger partial charge on any atom is 0.0148 e. The van der Waals surface area contributed by atoms with E-state index in [9.17, 15) is 0 Å². The van der Waals surface area contributed by atoms with Crippen molar-refractivity contribution in [1.82, 2.24) is 10.2 Å². The minimum Gasteiger partial charge on any atom is -0.313 e. The molecule has 0 aromatic rings. The summed E-state index contributed by atoms with van der Waals surface area (Å²) in [4.78, 5) is 2.71. The Morgan fingerprint density at radius 2 is 1.74 bits per heavy atom. The second kappa shape index (κ2) is 6.13. The lowest BCUT2D eigenvalue weighted by atomic mass is 9.72. The summed E-state index contributed by atoms with van der Waals surface area (Å²) in [5.74, 6) is 1.78. The monoisotopic (exact) mass is 266 g/mol. The first-order valence-corrected chi connectivity index (χ1v) is 8.40. The third-order valence-corrected chi connectivity index (χ3v) is 5.61. The highest BCUT2D eigenvalue weighted by Crippen LogP contribution is 2.36. The van der Waals surface area contributed by atoms with Gasteiger partial charge in [0, 0.05) is 31.7 Å². The Labute approximate surface area is 120 Å². The number of nitrogens with one attached hydrogen (secondary N) is 1. The lowest BCUT2D eigenvalue weighted by Gasteiger charge is -2.49. The predicted molar refractivity (Wildman–Crippen MR) is 83.4 cm³/mol. The van der Waals surface area contributed by atoms with E-state index in [2.05, 4.69) is 44.8 Å². The molecule has 1 N–H and O–H groups in total. The van der Waals surface area contributed by atoms with Gasteiger partial charge in [-0.2, -0.15) is 0 Å². The van der Waals surface area contributed by atoms with Crippen LogP contribution in [-0.4, -0.2) is 36.6 Å². The van der Waals surface area contributed by atoms with Gasteiger partial charge in [0.2, 0.25) is 0 Å². The fourth-order valence-electron chi connectivity index (χ4n) is 3.75. The summed E-state index contributed by atoms with van der Waals surface area (Å²) >= 11 is 0. The molecule has 2 rings (SSSR count). The van der Waals surface area contributed by atoms with E-state index in [1.54, 1.807) is 0 Å². The first kappa shape index (κ1) is 15.3. The van der Waals surface area contributed by atoms with Crippen LogP contribution in [0.2, 0.25) is 0 Å². The smallest absolute Gasteiger partial charge is 0.0148 e. The van der Waals surface area contributed by atoms with Crippen molar-refractivity contribution in [3.8, 4) is 0 Å². The fraction of sp³-hybridized carbons (Fsp3) is 1.00. The highest BCUT2D eigenvalue weighted by Gasteiger charge is 2.40. The zero-order valence-corrected chi connectivity index (χ0v) is 13.7. The minimum absolute atomic E-state index is 0.448.